The molecule has 22 heavy (non-hydrogen) atoms. The van der Waals surface area contributed by atoms with Crippen LogP contribution >= 0.6 is 11.8 Å². The smallest absolute Gasteiger partial charge is 0.235 e. The van der Waals surface area contributed by atoms with Gasteiger partial charge >= 0.3 is 0 Å². The van der Waals surface area contributed by atoms with Gasteiger partial charge in [0.25, 0.3) is 0 Å². The summed E-state index contributed by atoms with van der Waals surface area (Å²) in [5.74, 6) is 2.67. The van der Waals surface area contributed by atoms with Crippen LogP contribution in [0.4, 0.5) is 0 Å². The molecule has 0 N–H and O–H groups in total. The Morgan fingerprint density at radius 2 is 2.09 bits per heavy atom. The average Bonchev–Trinajstić information content (AvgIpc) is 2.92. The number of carbonyl (C=O) groups excluding carboxylic acids is 1. The normalized spacial score (nSPS) is 17.7. The zero-order chi connectivity index (χ0) is 15.9. The topological polar surface area (TPSA) is 62.5 Å². The number of unbranched alkanes of at least 4 members (excludes halogenated alkanes) is 1. The molecular formula is C15H26N4O2S. The molecule has 0 aromatic carbocycles. The monoisotopic (exact) mass is 326 g/mol. The number of rotatable bonds is 7. The number of hydrogen-bond acceptors (Lipinski definition) is 6. The molecule has 2 heterocycles. The van der Waals surface area contributed by atoms with Crippen molar-refractivity contribution in [2.45, 2.75) is 45.4 Å². The summed E-state index contributed by atoms with van der Waals surface area (Å²) in [6, 6.07) is 0. The van der Waals surface area contributed by atoms with Crippen molar-refractivity contribution in [1.29, 1.82) is 0 Å². The highest BCUT2D eigenvalue weighted by Crippen LogP contribution is 2.17. The van der Waals surface area contributed by atoms with Crippen LogP contribution in [0.1, 0.15) is 38.4 Å². The lowest BCUT2D eigenvalue weighted by Crippen LogP contribution is -2.50. The molecule has 1 amide bonds. The van der Waals surface area contributed by atoms with Crippen molar-refractivity contribution in [3.8, 4) is 0 Å². The molecule has 124 valence electrons. The van der Waals surface area contributed by atoms with Crippen molar-refractivity contribution in [3.63, 3.8) is 0 Å². The van der Waals surface area contributed by atoms with E-state index >= 15 is 0 Å². The summed E-state index contributed by atoms with van der Waals surface area (Å²) in [5, 5.41) is 3.99. The molecule has 2 rings (SSSR count). The number of hydrogen-bond donors (Lipinski definition) is 0. The van der Waals surface area contributed by atoms with Gasteiger partial charge in [-0.3, -0.25) is 9.69 Å². The van der Waals surface area contributed by atoms with Crippen molar-refractivity contribution in [2.75, 3.05) is 31.9 Å². The predicted molar refractivity (Wildman–Crippen MR) is 87.7 cm³/mol. The van der Waals surface area contributed by atoms with Gasteiger partial charge in [-0.25, -0.2) is 0 Å². The van der Waals surface area contributed by atoms with E-state index in [1.165, 1.54) is 12.8 Å². The van der Waals surface area contributed by atoms with E-state index in [2.05, 4.69) is 22.0 Å². The first-order chi connectivity index (χ1) is 10.6. The zero-order valence-corrected chi connectivity index (χ0v) is 14.6. The summed E-state index contributed by atoms with van der Waals surface area (Å²) in [6.45, 7) is 10.00. The number of aromatic nitrogens is 2. The van der Waals surface area contributed by atoms with Crippen LogP contribution in [0.2, 0.25) is 0 Å². The van der Waals surface area contributed by atoms with E-state index in [9.17, 15) is 4.79 Å². The Balaban J connectivity index is 1.73. The average molecular weight is 326 g/mol. The molecule has 1 saturated heterocycles. The van der Waals surface area contributed by atoms with Gasteiger partial charge in [-0.15, -0.1) is 11.8 Å². The summed E-state index contributed by atoms with van der Waals surface area (Å²) in [6.07, 6.45) is 2.36. The maximum atomic E-state index is 12.4. The fourth-order valence-electron chi connectivity index (χ4n) is 2.46. The number of amides is 1. The molecule has 0 bridgehead atoms. The third kappa shape index (κ3) is 4.98. The van der Waals surface area contributed by atoms with Gasteiger partial charge in [-0.1, -0.05) is 18.5 Å². The van der Waals surface area contributed by atoms with Gasteiger partial charge < -0.3 is 9.42 Å². The number of aryl methyl sites for hydroxylation is 1. The second-order valence-corrected chi connectivity index (χ2v) is 7.15. The molecule has 1 atom stereocenters. The molecule has 1 fully saturated rings. The Morgan fingerprint density at radius 1 is 1.36 bits per heavy atom. The van der Waals surface area contributed by atoms with Gasteiger partial charge in [0.15, 0.2) is 5.82 Å². The van der Waals surface area contributed by atoms with Gasteiger partial charge in [0.1, 0.15) is 0 Å². The van der Waals surface area contributed by atoms with Gasteiger partial charge in [-0.2, -0.15) is 4.98 Å². The Bertz CT molecular complexity index is 472. The summed E-state index contributed by atoms with van der Waals surface area (Å²) in [5.41, 5.74) is 0. The van der Waals surface area contributed by atoms with Crippen LogP contribution in [0.3, 0.4) is 0 Å². The van der Waals surface area contributed by atoms with Gasteiger partial charge in [0, 0.05) is 33.1 Å². The fraction of sp³-hybridized carbons (Fsp3) is 0.800. The van der Waals surface area contributed by atoms with Crippen molar-refractivity contribution >= 4 is 17.7 Å². The summed E-state index contributed by atoms with van der Waals surface area (Å²) < 4.78 is 4.99. The molecule has 0 aliphatic carbocycles. The molecule has 6 nitrogen and oxygen atoms in total. The second-order valence-electron chi connectivity index (χ2n) is 5.70. The van der Waals surface area contributed by atoms with Crippen LogP contribution in [-0.2, 0) is 11.3 Å². The molecule has 0 radical (unpaired) electrons. The molecule has 1 aliphatic heterocycles. The van der Waals surface area contributed by atoms with E-state index < -0.39 is 0 Å². The van der Waals surface area contributed by atoms with Crippen molar-refractivity contribution in [3.05, 3.63) is 11.7 Å². The lowest BCUT2D eigenvalue weighted by Gasteiger charge is -2.35. The van der Waals surface area contributed by atoms with Crippen molar-refractivity contribution in [2.24, 2.45) is 0 Å². The Morgan fingerprint density at radius 3 is 2.68 bits per heavy atom. The van der Waals surface area contributed by atoms with Crippen LogP contribution in [0.25, 0.3) is 0 Å². The minimum Gasteiger partial charge on any atom is -0.340 e. The molecule has 1 aliphatic rings. The second kappa shape index (κ2) is 8.53. The van der Waals surface area contributed by atoms with E-state index in [4.69, 9.17) is 4.52 Å². The summed E-state index contributed by atoms with van der Waals surface area (Å²) >= 11 is 1.77. The molecule has 1 aromatic heterocycles. The van der Waals surface area contributed by atoms with Crippen LogP contribution < -0.4 is 0 Å². The van der Waals surface area contributed by atoms with Crippen LogP contribution in [0.5, 0.6) is 0 Å². The minimum absolute atomic E-state index is 0.0676. The van der Waals surface area contributed by atoms with Crippen molar-refractivity contribution < 1.29 is 9.32 Å². The number of nitrogens with zero attached hydrogens (tertiary/aromatic N) is 4. The third-order valence-electron chi connectivity index (χ3n) is 3.83. The SMILES string of the molecule is CCCCSC(C)C(=O)N1CCN(Cc2noc(C)n2)CC1. The maximum absolute atomic E-state index is 12.4. The van der Waals surface area contributed by atoms with Crippen LogP contribution in [0.15, 0.2) is 4.52 Å². The summed E-state index contributed by atoms with van der Waals surface area (Å²) in [7, 11) is 0. The highest BCUT2D eigenvalue weighted by Gasteiger charge is 2.25. The molecule has 0 saturated carbocycles. The van der Waals surface area contributed by atoms with E-state index in [-0.39, 0.29) is 11.2 Å². The molecule has 1 unspecified atom stereocenters. The third-order valence-corrected chi connectivity index (χ3v) is 5.06. The molecular weight excluding hydrogens is 300 g/mol. The first kappa shape index (κ1) is 17.3. The first-order valence-corrected chi connectivity index (χ1v) is 9.07. The Hall–Kier alpha value is -1.08. The van der Waals surface area contributed by atoms with Gasteiger partial charge in [-0.05, 0) is 19.1 Å². The Kier molecular flexibility index (Phi) is 6.70. The van der Waals surface area contributed by atoms with E-state index in [0.717, 1.165) is 37.8 Å². The molecule has 1 aromatic rings. The largest absolute Gasteiger partial charge is 0.340 e. The van der Waals surface area contributed by atoms with Gasteiger partial charge in [0.2, 0.25) is 11.8 Å². The quantitative estimate of drug-likeness (QED) is 0.714. The first-order valence-electron chi connectivity index (χ1n) is 8.02. The van der Waals surface area contributed by atoms with Gasteiger partial charge in [0.05, 0.1) is 11.8 Å². The number of carbonyl (C=O) groups is 1. The van der Waals surface area contributed by atoms with Crippen LogP contribution in [-0.4, -0.2) is 63.0 Å². The lowest BCUT2D eigenvalue weighted by molar-refractivity contribution is -0.132. The standard InChI is InChI=1S/C15H26N4O2S/c1-4-5-10-22-12(2)15(20)19-8-6-18(7-9-19)11-14-16-13(3)21-17-14/h12H,4-11H2,1-3H3. The highest BCUT2D eigenvalue weighted by molar-refractivity contribution is 8.00. The molecule has 7 heteroatoms. The lowest BCUT2D eigenvalue weighted by atomic mass is 10.3. The fourth-order valence-corrected chi connectivity index (χ4v) is 3.57. The zero-order valence-electron chi connectivity index (χ0n) is 13.7. The van der Waals surface area contributed by atoms with E-state index in [1.807, 2.05) is 11.8 Å². The summed E-state index contributed by atoms with van der Waals surface area (Å²) in [4.78, 5) is 20.9. The molecule has 0 spiro atoms. The number of thioether (sulfide) groups is 1. The predicted octanol–water partition coefficient (Wildman–Crippen LogP) is 1.94. The highest BCUT2D eigenvalue weighted by atomic mass is 32.2. The Labute approximate surface area is 136 Å². The minimum atomic E-state index is 0.0676. The van der Waals surface area contributed by atoms with Crippen LogP contribution in [0, 0.1) is 6.92 Å². The van der Waals surface area contributed by atoms with Crippen molar-refractivity contribution in [1.82, 2.24) is 19.9 Å². The maximum Gasteiger partial charge on any atom is 0.235 e. The number of piperazine rings is 1. The van der Waals surface area contributed by atoms with E-state index in [0.29, 0.717) is 12.4 Å². The van der Waals surface area contributed by atoms with E-state index in [1.54, 1.807) is 18.7 Å².